The van der Waals surface area contributed by atoms with E-state index in [9.17, 15) is 0 Å². The zero-order valence-corrected chi connectivity index (χ0v) is 8.96. The molecule has 0 N–H and O–H groups in total. The molecule has 3 heteroatoms. The van der Waals surface area contributed by atoms with E-state index in [2.05, 4.69) is 20.8 Å². The van der Waals surface area contributed by atoms with Crippen LogP contribution in [0.25, 0.3) is 0 Å². The van der Waals surface area contributed by atoms with Gasteiger partial charge in [-0.15, -0.1) is 0 Å². The zero-order chi connectivity index (χ0) is 8.41. The fourth-order valence-electron chi connectivity index (χ4n) is 0.430. The Kier molecular flexibility index (Phi) is 15.2. The first kappa shape index (κ1) is 12.8. The number of hydrogen-bond acceptors (Lipinski definition) is 2. The van der Waals surface area contributed by atoms with Gasteiger partial charge in [0.2, 0.25) is 0 Å². The highest BCUT2D eigenvalue weighted by atomic mass is 28.3. The van der Waals surface area contributed by atoms with Crippen molar-refractivity contribution in [1.29, 1.82) is 0 Å². The summed E-state index contributed by atoms with van der Waals surface area (Å²) in [5.41, 5.74) is 0. The Morgan fingerprint density at radius 3 is 1.30 bits per heavy atom. The summed E-state index contributed by atoms with van der Waals surface area (Å²) in [6.07, 6.45) is 1.25. The van der Waals surface area contributed by atoms with Gasteiger partial charge in [0.25, 0.3) is 0 Å². The van der Waals surface area contributed by atoms with Gasteiger partial charge in [-0.25, -0.2) is 0 Å². The standard InChI is InChI=1S/C4H12O2Si.C3H8/c1-4-7(5-2)6-3;1-3-2/h7H,4H2,1-3H3;3H2,1-2H3. The van der Waals surface area contributed by atoms with Crippen molar-refractivity contribution in [2.45, 2.75) is 33.2 Å². The van der Waals surface area contributed by atoms with E-state index in [1.807, 2.05) is 0 Å². The average molecular weight is 164 g/mol. The summed E-state index contributed by atoms with van der Waals surface area (Å²) >= 11 is 0. The van der Waals surface area contributed by atoms with Crippen molar-refractivity contribution in [3.05, 3.63) is 0 Å². The molecular formula is C7H20O2Si. The second-order valence-electron chi connectivity index (χ2n) is 2.02. The minimum atomic E-state index is -1.17. The van der Waals surface area contributed by atoms with Gasteiger partial charge in [0.15, 0.2) is 0 Å². The van der Waals surface area contributed by atoms with Crippen LogP contribution in [0.2, 0.25) is 6.04 Å². The molecule has 0 unspecified atom stereocenters. The molecule has 0 aromatic rings. The topological polar surface area (TPSA) is 18.5 Å². The molecule has 2 nitrogen and oxygen atoms in total. The smallest absolute Gasteiger partial charge is 0.320 e. The maximum atomic E-state index is 4.97. The largest absolute Gasteiger partial charge is 0.400 e. The monoisotopic (exact) mass is 164 g/mol. The molecular weight excluding hydrogens is 144 g/mol. The van der Waals surface area contributed by atoms with Gasteiger partial charge in [0.05, 0.1) is 0 Å². The summed E-state index contributed by atoms with van der Waals surface area (Å²) < 4.78 is 9.93. The van der Waals surface area contributed by atoms with Crippen molar-refractivity contribution in [3.63, 3.8) is 0 Å². The molecule has 0 aliphatic rings. The predicted octanol–water partition coefficient (Wildman–Crippen LogP) is 1.94. The van der Waals surface area contributed by atoms with E-state index in [4.69, 9.17) is 8.85 Å². The van der Waals surface area contributed by atoms with Crippen LogP contribution in [0.3, 0.4) is 0 Å². The van der Waals surface area contributed by atoms with Crippen LogP contribution in [-0.2, 0) is 8.85 Å². The van der Waals surface area contributed by atoms with Crippen LogP contribution in [0.15, 0.2) is 0 Å². The number of hydrogen-bond donors (Lipinski definition) is 0. The van der Waals surface area contributed by atoms with Crippen LogP contribution >= 0.6 is 0 Å². The molecule has 0 saturated carbocycles. The maximum Gasteiger partial charge on any atom is 0.320 e. The Balaban J connectivity index is 0. The van der Waals surface area contributed by atoms with Crippen molar-refractivity contribution in [1.82, 2.24) is 0 Å². The summed E-state index contributed by atoms with van der Waals surface area (Å²) in [7, 11) is 2.23. The van der Waals surface area contributed by atoms with Crippen LogP contribution < -0.4 is 0 Å². The van der Waals surface area contributed by atoms with E-state index in [0.717, 1.165) is 6.04 Å². The van der Waals surface area contributed by atoms with Crippen LogP contribution in [0.5, 0.6) is 0 Å². The van der Waals surface area contributed by atoms with Crippen molar-refractivity contribution < 1.29 is 8.85 Å². The Hall–Kier alpha value is 0.137. The molecule has 0 atom stereocenters. The summed E-state index contributed by atoms with van der Waals surface area (Å²) in [5.74, 6) is 0. The lowest BCUT2D eigenvalue weighted by molar-refractivity contribution is 0.279. The quantitative estimate of drug-likeness (QED) is 0.593. The maximum absolute atomic E-state index is 4.97. The molecule has 0 spiro atoms. The predicted molar refractivity (Wildman–Crippen MR) is 47.6 cm³/mol. The Morgan fingerprint density at radius 1 is 1.00 bits per heavy atom. The number of rotatable bonds is 3. The second kappa shape index (κ2) is 11.9. The Labute approximate surface area is 66.4 Å². The average Bonchev–Trinajstić information content (AvgIpc) is 1.93. The van der Waals surface area contributed by atoms with Crippen molar-refractivity contribution >= 4 is 9.28 Å². The Morgan fingerprint density at radius 2 is 1.30 bits per heavy atom. The SMILES string of the molecule is CCC.CC[SiH](OC)OC. The van der Waals surface area contributed by atoms with Gasteiger partial charge in [0, 0.05) is 14.2 Å². The summed E-state index contributed by atoms with van der Waals surface area (Å²) in [6, 6.07) is 1.05. The summed E-state index contributed by atoms with van der Waals surface area (Å²) in [6.45, 7) is 6.32. The minimum Gasteiger partial charge on any atom is -0.400 e. The molecule has 0 aromatic heterocycles. The third-order valence-electron chi connectivity index (χ3n) is 0.859. The van der Waals surface area contributed by atoms with E-state index in [0.29, 0.717) is 0 Å². The van der Waals surface area contributed by atoms with E-state index in [-0.39, 0.29) is 0 Å². The fourth-order valence-corrected chi connectivity index (χ4v) is 1.29. The highest BCUT2D eigenvalue weighted by Gasteiger charge is 2.02. The van der Waals surface area contributed by atoms with Crippen molar-refractivity contribution in [2.24, 2.45) is 0 Å². The lowest BCUT2D eigenvalue weighted by Crippen LogP contribution is -2.16. The molecule has 0 rings (SSSR count). The van der Waals surface area contributed by atoms with Gasteiger partial charge in [-0.3, -0.25) is 0 Å². The summed E-state index contributed by atoms with van der Waals surface area (Å²) in [5, 5.41) is 0. The van der Waals surface area contributed by atoms with E-state index in [1.165, 1.54) is 6.42 Å². The highest BCUT2D eigenvalue weighted by molar-refractivity contribution is 6.44. The molecule has 10 heavy (non-hydrogen) atoms. The van der Waals surface area contributed by atoms with E-state index >= 15 is 0 Å². The lowest BCUT2D eigenvalue weighted by Gasteiger charge is -2.05. The molecule has 0 saturated heterocycles. The van der Waals surface area contributed by atoms with Gasteiger partial charge in [0.1, 0.15) is 0 Å². The molecule has 0 bridgehead atoms. The molecule has 0 aliphatic heterocycles. The van der Waals surface area contributed by atoms with Gasteiger partial charge in [-0.05, 0) is 6.04 Å². The van der Waals surface area contributed by atoms with E-state index in [1.54, 1.807) is 14.2 Å². The Bertz CT molecular complexity index is 41.4. The lowest BCUT2D eigenvalue weighted by atomic mass is 10.6. The van der Waals surface area contributed by atoms with Crippen molar-refractivity contribution in [3.8, 4) is 0 Å². The highest BCUT2D eigenvalue weighted by Crippen LogP contribution is 1.89. The molecule has 64 valence electrons. The molecule has 0 radical (unpaired) electrons. The normalized spacial score (nSPS) is 9.00. The molecule has 0 aromatic carbocycles. The van der Waals surface area contributed by atoms with Gasteiger partial charge in [-0.2, -0.15) is 0 Å². The second-order valence-corrected chi connectivity index (χ2v) is 4.63. The van der Waals surface area contributed by atoms with Gasteiger partial charge < -0.3 is 8.85 Å². The summed E-state index contributed by atoms with van der Waals surface area (Å²) in [4.78, 5) is 0. The molecule has 0 aliphatic carbocycles. The van der Waals surface area contributed by atoms with Gasteiger partial charge >= 0.3 is 9.28 Å². The first-order valence-corrected chi connectivity index (χ1v) is 5.58. The van der Waals surface area contributed by atoms with Crippen LogP contribution in [0, 0.1) is 0 Å². The molecule has 0 heterocycles. The zero-order valence-electron chi connectivity index (χ0n) is 7.81. The first-order chi connectivity index (χ1) is 4.76. The third-order valence-corrected chi connectivity index (χ3v) is 2.58. The molecule has 0 amide bonds. The van der Waals surface area contributed by atoms with Crippen LogP contribution in [-0.4, -0.2) is 23.5 Å². The van der Waals surface area contributed by atoms with Crippen LogP contribution in [0.4, 0.5) is 0 Å². The van der Waals surface area contributed by atoms with Crippen molar-refractivity contribution in [2.75, 3.05) is 14.2 Å². The molecule has 0 fully saturated rings. The first-order valence-electron chi connectivity index (χ1n) is 3.82. The van der Waals surface area contributed by atoms with Crippen LogP contribution in [0.1, 0.15) is 27.2 Å². The third kappa shape index (κ3) is 11.0. The van der Waals surface area contributed by atoms with E-state index < -0.39 is 9.28 Å². The minimum absolute atomic E-state index is 1.05. The van der Waals surface area contributed by atoms with Gasteiger partial charge in [-0.1, -0.05) is 27.2 Å². The fraction of sp³-hybridized carbons (Fsp3) is 1.00.